The van der Waals surface area contributed by atoms with Crippen LogP contribution in [-0.2, 0) is 4.74 Å². The zero-order chi connectivity index (χ0) is 12.6. The van der Waals surface area contributed by atoms with Crippen LogP contribution >= 0.6 is 27.3 Å². The van der Waals surface area contributed by atoms with E-state index in [0.29, 0.717) is 5.92 Å². The van der Waals surface area contributed by atoms with Gasteiger partial charge in [0.05, 0.1) is 3.79 Å². The lowest BCUT2D eigenvalue weighted by atomic mass is 9.99. The zero-order valence-electron chi connectivity index (χ0n) is 10.2. The summed E-state index contributed by atoms with van der Waals surface area (Å²) in [5.41, 5.74) is -0.409. The second kappa shape index (κ2) is 4.61. The van der Waals surface area contributed by atoms with E-state index in [1.807, 2.05) is 20.8 Å². The molecule has 3 nitrogen and oxygen atoms in total. The molecule has 0 aromatic carbocycles. The molecule has 2 rings (SSSR count). The van der Waals surface area contributed by atoms with Crippen LogP contribution in [0.3, 0.4) is 0 Å². The van der Waals surface area contributed by atoms with E-state index in [1.165, 1.54) is 4.88 Å². The highest BCUT2D eigenvalue weighted by atomic mass is 79.9. The maximum Gasteiger partial charge on any atom is 0.410 e. The maximum absolute atomic E-state index is 11.7. The summed E-state index contributed by atoms with van der Waals surface area (Å²) in [4.78, 5) is 14.8. The van der Waals surface area contributed by atoms with Gasteiger partial charge in [0, 0.05) is 23.9 Å². The van der Waals surface area contributed by atoms with Crippen molar-refractivity contribution in [2.75, 3.05) is 13.1 Å². The van der Waals surface area contributed by atoms with Crippen molar-refractivity contribution in [2.45, 2.75) is 32.3 Å². The number of hydrogen-bond acceptors (Lipinski definition) is 3. The molecule has 17 heavy (non-hydrogen) atoms. The van der Waals surface area contributed by atoms with E-state index in [9.17, 15) is 4.79 Å². The summed E-state index contributed by atoms with van der Waals surface area (Å²) in [6, 6.07) is 4.17. The van der Waals surface area contributed by atoms with Gasteiger partial charge in [-0.1, -0.05) is 0 Å². The Hall–Kier alpha value is -0.550. The van der Waals surface area contributed by atoms with Gasteiger partial charge in [0.1, 0.15) is 5.60 Å². The van der Waals surface area contributed by atoms with Gasteiger partial charge in [-0.05, 0) is 48.8 Å². The molecule has 0 spiro atoms. The third-order valence-electron chi connectivity index (χ3n) is 2.53. The van der Waals surface area contributed by atoms with E-state index in [1.54, 1.807) is 16.2 Å². The molecular formula is C12H16BrNO2S. The number of ether oxygens (including phenoxy) is 1. The summed E-state index contributed by atoms with van der Waals surface area (Å²) < 4.78 is 6.45. The average molecular weight is 318 g/mol. The van der Waals surface area contributed by atoms with E-state index in [-0.39, 0.29) is 6.09 Å². The van der Waals surface area contributed by atoms with Gasteiger partial charge in [-0.15, -0.1) is 11.3 Å². The van der Waals surface area contributed by atoms with Gasteiger partial charge in [-0.2, -0.15) is 0 Å². The summed E-state index contributed by atoms with van der Waals surface area (Å²) in [6.07, 6.45) is -0.204. The number of thiophene rings is 1. The van der Waals surface area contributed by atoms with Crippen LogP contribution in [0.4, 0.5) is 4.79 Å². The normalized spacial score (nSPS) is 16.8. The first kappa shape index (κ1) is 12.9. The molecule has 5 heteroatoms. The molecule has 0 atom stereocenters. The molecule has 0 bridgehead atoms. The highest BCUT2D eigenvalue weighted by molar-refractivity contribution is 9.11. The predicted octanol–water partition coefficient (Wildman–Crippen LogP) is 3.84. The summed E-state index contributed by atoms with van der Waals surface area (Å²) in [5, 5.41) is 0. The molecular weight excluding hydrogens is 302 g/mol. The van der Waals surface area contributed by atoms with Crippen molar-refractivity contribution in [2.24, 2.45) is 0 Å². The van der Waals surface area contributed by atoms with Crippen LogP contribution in [0.15, 0.2) is 15.9 Å². The van der Waals surface area contributed by atoms with E-state index in [0.717, 1.165) is 16.9 Å². The molecule has 1 amide bonds. The number of hydrogen-bond donors (Lipinski definition) is 0. The van der Waals surface area contributed by atoms with Crippen molar-refractivity contribution >= 4 is 33.4 Å². The van der Waals surface area contributed by atoms with Gasteiger partial charge in [-0.3, -0.25) is 0 Å². The number of likely N-dealkylation sites (tertiary alicyclic amines) is 1. The molecule has 2 heterocycles. The lowest BCUT2D eigenvalue weighted by molar-refractivity contribution is 0.00847. The fourth-order valence-electron chi connectivity index (χ4n) is 1.68. The maximum atomic E-state index is 11.7. The van der Waals surface area contributed by atoms with Gasteiger partial charge in [0.2, 0.25) is 0 Å². The van der Waals surface area contributed by atoms with Crippen molar-refractivity contribution < 1.29 is 9.53 Å². The molecule has 1 fully saturated rings. The van der Waals surface area contributed by atoms with E-state index in [2.05, 4.69) is 28.1 Å². The first-order chi connectivity index (χ1) is 7.85. The molecule has 1 aliphatic rings. The molecule has 94 valence electrons. The quantitative estimate of drug-likeness (QED) is 0.787. The van der Waals surface area contributed by atoms with Gasteiger partial charge in [-0.25, -0.2) is 4.79 Å². The van der Waals surface area contributed by atoms with Crippen molar-refractivity contribution in [1.82, 2.24) is 4.90 Å². The number of carbonyl (C=O) groups excluding carboxylic acids is 1. The van der Waals surface area contributed by atoms with Crippen LogP contribution in [0.1, 0.15) is 31.6 Å². The first-order valence-corrected chi connectivity index (χ1v) is 7.19. The molecule has 1 aliphatic heterocycles. The van der Waals surface area contributed by atoms with Crippen LogP contribution < -0.4 is 0 Å². The zero-order valence-corrected chi connectivity index (χ0v) is 12.6. The topological polar surface area (TPSA) is 29.5 Å². The molecule has 0 aliphatic carbocycles. The number of carbonyl (C=O) groups is 1. The van der Waals surface area contributed by atoms with E-state index >= 15 is 0 Å². The Morgan fingerprint density at radius 3 is 2.59 bits per heavy atom. The minimum atomic E-state index is -0.409. The number of rotatable bonds is 1. The standard InChI is InChI=1S/C12H16BrNO2S/c1-12(2,3)16-11(15)14-6-8(7-14)9-4-5-10(13)17-9/h4-5,8H,6-7H2,1-3H3. The third-order valence-corrected chi connectivity index (χ3v) is 4.32. The molecule has 1 aromatic rings. The van der Waals surface area contributed by atoms with Crippen LogP contribution in [-0.4, -0.2) is 29.7 Å². The summed E-state index contributed by atoms with van der Waals surface area (Å²) in [7, 11) is 0. The molecule has 0 unspecified atom stereocenters. The largest absolute Gasteiger partial charge is 0.444 e. The number of halogens is 1. The minimum Gasteiger partial charge on any atom is -0.444 e. The average Bonchev–Trinajstić information content (AvgIpc) is 2.45. The van der Waals surface area contributed by atoms with E-state index in [4.69, 9.17) is 4.74 Å². The minimum absolute atomic E-state index is 0.204. The van der Waals surface area contributed by atoms with Gasteiger partial charge in [0.15, 0.2) is 0 Å². The summed E-state index contributed by atoms with van der Waals surface area (Å²) in [5.74, 6) is 0.471. The highest BCUT2D eigenvalue weighted by Crippen LogP contribution is 2.34. The van der Waals surface area contributed by atoms with E-state index < -0.39 is 5.60 Å². The van der Waals surface area contributed by atoms with Crippen molar-refractivity contribution in [1.29, 1.82) is 0 Å². The molecule has 1 aromatic heterocycles. The molecule has 1 saturated heterocycles. The molecule has 0 radical (unpaired) electrons. The monoisotopic (exact) mass is 317 g/mol. The fourth-order valence-corrected chi connectivity index (χ4v) is 3.19. The third kappa shape index (κ3) is 3.22. The Kier molecular flexibility index (Phi) is 3.50. The first-order valence-electron chi connectivity index (χ1n) is 5.58. The summed E-state index contributed by atoms with van der Waals surface area (Å²) in [6.45, 7) is 7.19. The fraction of sp³-hybridized carbons (Fsp3) is 0.583. The van der Waals surface area contributed by atoms with Gasteiger partial charge in [0.25, 0.3) is 0 Å². The second-order valence-electron chi connectivity index (χ2n) is 5.22. The highest BCUT2D eigenvalue weighted by Gasteiger charge is 2.35. The Balaban J connectivity index is 1.85. The lowest BCUT2D eigenvalue weighted by Crippen LogP contribution is -2.50. The van der Waals surface area contributed by atoms with Crippen molar-refractivity contribution in [3.05, 3.63) is 20.8 Å². The molecule has 0 N–H and O–H groups in total. The predicted molar refractivity (Wildman–Crippen MR) is 72.6 cm³/mol. The second-order valence-corrected chi connectivity index (χ2v) is 7.72. The summed E-state index contributed by atoms with van der Waals surface area (Å²) >= 11 is 5.19. The van der Waals surface area contributed by atoms with Gasteiger partial charge < -0.3 is 9.64 Å². The van der Waals surface area contributed by atoms with Crippen molar-refractivity contribution in [3.8, 4) is 0 Å². The van der Waals surface area contributed by atoms with Crippen LogP contribution in [0, 0.1) is 0 Å². The smallest absolute Gasteiger partial charge is 0.410 e. The SMILES string of the molecule is CC(C)(C)OC(=O)N1CC(c2ccc(Br)s2)C1. The Labute approximate surface area is 114 Å². The Morgan fingerprint density at radius 1 is 1.47 bits per heavy atom. The van der Waals surface area contributed by atoms with Crippen LogP contribution in [0.2, 0.25) is 0 Å². The van der Waals surface area contributed by atoms with Crippen LogP contribution in [0.5, 0.6) is 0 Å². The number of amides is 1. The van der Waals surface area contributed by atoms with Crippen molar-refractivity contribution in [3.63, 3.8) is 0 Å². The van der Waals surface area contributed by atoms with Gasteiger partial charge >= 0.3 is 6.09 Å². The Bertz CT molecular complexity index is 418. The molecule has 0 saturated carbocycles. The Morgan fingerprint density at radius 2 is 2.12 bits per heavy atom. The lowest BCUT2D eigenvalue weighted by Gasteiger charge is -2.39. The van der Waals surface area contributed by atoms with Crippen LogP contribution in [0.25, 0.3) is 0 Å². The number of nitrogens with zero attached hydrogens (tertiary/aromatic N) is 1.